The molecule has 0 amide bonds. The van der Waals surface area contributed by atoms with Crippen LogP contribution in [0.25, 0.3) is 0 Å². The van der Waals surface area contributed by atoms with Gasteiger partial charge in [0.2, 0.25) is 0 Å². The van der Waals surface area contributed by atoms with Crippen molar-refractivity contribution in [1.29, 1.82) is 0 Å². The van der Waals surface area contributed by atoms with E-state index in [9.17, 15) is 0 Å². The zero-order chi connectivity index (χ0) is 17.6. The highest BCUT2D eigenvalue weighted by molar-refractivity contribution is 5.78. The summed E-state index contributed by atoms with van der Waals surface area (Å²) in [6.45, 7) is 3.26. The Morgan fingerprint density at radius 2 is 1.72 bits per heavy atom. The van der Waals surface area contributed by atoms with Crippen molar-refractivity contribution in [2.75, 3.05) is 26.4 Å². The Bertz CT molecular complexity index is 471. The zero-order valence-corrected chi connectivity index (χ0v) is 15.3. The Balaban J connectivity index is 1.43. The van der Waals surface area contributed by atoms with E-state index < -0.39 is 0 Å². The van der Waals surface area contributed by atoms with Gasteiger partial charge in [-0.05, 0) is 24.8 Å². The molecule has 1 aromatic carbocycles. The average molecular weight is 348 g/mol. The summed E-state index contributed by atoms with van der Waals surface area (Å²) < 4.78 is 11.1. The largest absolute Gasteiger partial charge is 0.379 e. The zero-order valence-electron chi connectivity index (χ0n) is 15.3. The lowest BCUT2D eigenvalue weighted by molar-refractivity contribution is 0.0403. The van der Waals surface area contributed by atoms with Gasteiger partial charge in [-0.25, -0.2) is 0 Å². The Kier molecular flexibility index (Phi) is 10.0. The molecule has 0 saturated heterocycles. The molecule has 3 N–H and O–H groups in total. The molecular formula is C20H33N3O2. The van der Waals surface area contributed by atoms with Crippen LogP contribution >= 0.6 is 0 Å². The first kappa shape index (κ1) is 19.7. The minimum Gasteiger partial charge on any atom is -0.379 e. The van der Waals surface area contributed by atoms with Gasteiger partial charge in [-0.15, -0.1) is 0 Å². The maximum absolute atomic E-state index is 5.97. The number of nitrogens with two attached hydrogens (primary N) is 1. The van der Waals surface area contributed by atoms with Crippen molar-refractivity contribution < 1.29 is 9.47 Å². The summed E-state index contributed by atoms with van der Waals surface area (Å²) in [5, 5.41) is 3.36. The van der Waals surface area contributed by atoms with Crippen molar-refractivity contribution in [3.63, 3.8) is 0 Å². The van der Waals surface area contributed by atoms with Gasteiger partial charge in [0.25, 0.3) is 0 Å². The number of hydrogen-bond donors (Lipinski definition) is 2. The number of aliphatic imine (C=N–C) groups is 1. The van der Waals surface area contributed by atoms with E-state index in [1.54, 1.807) is 0 Å². The third kappa shape index (κ3) is 9.46. The van der Waals surface area contributed by atoms with E-state index in [4.69, 9.17) is 15.2 Å². The minimum atomic E-state index is 0.504. The molecular weight excluding hydrogens is 314 g/mol. The fourth-order valence-corrected chi connectivity index (χ4v) is 3.03. The molecule has 0 aliphatic heterocycles. The summed E-state index contributed by atoms with van der Waals surface area (Å²) in [6.07, 6.45) is 8.59. The van der Waals surface area contributed by atoms with Gasteiger partial charge in [0.05, 0.1) is 19.8 Å². The molecule has 1 aromatic rings. The predicted molar refractivity (Wildman–Crippen MR) is 103 cm³/mol. The van der Waals surface area contributed by atoms with E-state index in [2.05, 4.69) is 22.4 Å². The van der Waals surface area contributed by atoms with Crippen molar-refractivity contribution in [3.05, 3.63) is 35.9 Å². The molecule has 0 radical (unpaired) electrons. The Hall–Kier alpha value is -1.59. The van der Waals surface area contributed by atoms with E-state index in [1.807, 2.05) is 18.2 Å². The number of ether oxygens (including phenoxy) is 2. The van der Waals surface area contributed by atoms with Crippen molar-refractivity contribution in [2.24, 2.45) is 10.7 Å². The van der Waals surface area contributed by atoms with Gasteiger partial charge >= 0.3 is 0 Å². The van der Waals surface area contributed by atoms with Crippen molar-refractivity contribution in [1.82, 2.24) is 5.32 Å². The fourth-order valence-electron chi connectivity index (χ4n) is 3.03. The molecule has 1 aliphatic rings. The van der Waals surface area contributed by atoms with E-state index in [0.717, 1.165) is 6.42 Å². The SMILES string of the molecule is NC(=NCCCOCCOCc1ccccc1)NC1CCCCCC1. The molecule has 25 heavy (non-hydrogen) atoms. The van der Waals surface area contributed by atoms with E-state index in [-0.39, 0.29) is 0 Å². The first-order valence-electron chi connectivity index (χ1n) is 9.60. The number of benzene rings is 1. The number of rotatable bonds is 10. The number of nitrogens with one attached hydrogen (secondary N) is 1. The quantitative estimate of drug-likeness (QED) is 0.295. The van der Waals surface area contributed by atoms with Crippen LogP contribution < -0.4 is 11.1 Å². The summed E-state index contributed by atoms with van der Waals surface area (Å²) in [5.74, 6) is 0.582. The maximum Gasteiger partial charge on any atom is 0.188 e. The lowest BCUT2D eigenvalue weighted by atomic mass is 10.1. The fraction of sp³-hybridized carbons (Fsp3) is 0.650. The van der Waals surface area contributed by atoms with Gasteiger partial charge in [0.1, 0.15) is 0 Å². The van der Waals surface area contributed by atoms with E-state index >= 15 is 0 Å². The first-order valence-corrected chi connectivity index (χ1v) is 9.60. The van der Waals surface area contributed by atoms with Crippen molar-refractivity contribution >= 4 is 5.96 Å². The minimum absolute atomic E-state index is 0.504. The summed E-state index contributed by atoms with van der Waals surface area (Å²) in [7, 11) is 0. The average Bonchev–Trinajstić information content (AvgIpc) is 2.90. The Morgan fingerprint density at radius 1 is 1.00 bits per heavy atom. The molecule has 0 unspecified atom stereocenters. The summed E-state index contributed by atoms with van der Waals surface area (Å²) >= 11 is 0. The molecule has 0 aromatic heterocycles. The lowest BCUT2D eigenvalue weighted by Crippen LogP contribution is -2.39. The Labute approximate surface area is 152 Å². The number of nitrogens with zero attached hydrogens (tertiary/aromatic N) is 1. The second kappa shape index (κ2) is 12.7. The van der Waals surface area contributed by atoms with Crippen LogP contribution in [0.4, 0.5) is 0 Å². The molecule has 2 rings (SSSR count). The van der Waals surface area contributed by atoms with Crippen molar-refractivity contribution in [3.8, 4) is 0 Å². The smallest absolute Gasteiger partial charge is 0.188 e. The van der Waals surface area contributed by atoms with Crippen LogP contribution in [-0.4, -0.2) is 38.4 Å². The number of hydrogen-bond acceptors (Lipinski definition) is 3. The molecule has 1 saturated carbocycles. The molecule has 0 atom stereocenters. The highest BCUT2D eigenvalue weighted by Gasteiger charge is 2.11. The second-order valence-electron chi connectivity index (χ2n) is 6.60. The van der Waals surface area contributed by atoms with E-state index in [0.29, 0.717) is 45.0 Å². The van der Waals surface area contributed by atoms with Crippen LogP contribution in [0.1, 0.15) is 50.5 Å². The van der Waals surface area contributed by atoms with Crippen molar-refractivity contribution in [2.45, 2.75) is 57.6 Å². The molecule has 5 heteroatoms. The van der Waals surface area contributed by atoms with Crippen LogP contribution in [0.5, 0.6) is 0 Å². The lowest BCUT2D eigenvalue weighted by Gasteiger charge is -2.16. The standard InChI is InChI=1S/C20H33N3O2/c21-20(23-19-11-6-1-2-7-12-19)22-13-8-14-24-15-16-25-17-18-9-4-3-5-10-18/h3-5,9-10,19H,1-2,6-8,11-17H2,(H3,21,22,23). The van der Waals surface area contributed by atoms with Gasteiger partial charge in [-0.1, -0.05) is 56.0 Å². The van der Waals surface area contributed by atoms with E-state index in [1.165, 1.54) is 44.1 Å². The van der Waals surface area contributed by atoms with Crippen LogP contribution in [0.3, 0.4) is 0 Å². The third-order valence-corrected chi connectivity index (χ3v) is 4.42. The summed E-state index contributed by atoms with van der Waals surface area (Å²) in [5.41, 5.74) is 7.16. The summed E-state index contributed by atoms with van der Waals surface area (Å²) in [4.78, 5) is 4.39. The molecule has 140 valence electrons. The molecule has 5 nitrogen and oxygen atoms in total. The molecule has 1 fully saturated rings. The highest BCUT2D eigenvalue weighted by atomic mass is 16.5. The van der Waals surface area contributed by atoms with Crippen LogP contribution in [0, 0.1) is 0 Å². The second-order valence-corrected chi connectivity index (χ2v) is 6.60. The van der Waals surface area contributed by atoms with Crippen LogP contribution in [0.15, 0.2) is 35.3 Å². The van der Waals surface area contributed by atoms with Gasteiger partial charge in [-0.3, -0.25) is 4.99 Å². The van der Waals surface area contributed by atoms with Crippen LogP contribution in [-0.2, 0) is 16.1 Å². The van der Waals surface area contributed by atoms with Crippen LogP contribution in [0.2, 0.25) is 0 Å². The molecule has 0 spiro atoms. The van der Waals surface area contributed by atoms with Gasteiger partial charge < -0.3 is 20.5 Å². The highest BCUT2D eigenvalue weighted by Crippen LogP contribution is 2.16. The number of guanidine groups is 1. The maximum atomic E-state index is 5.97. The summed E-state index contributed by atoms with van der Waals surface area (Å²) in [6, 6.07) is 10.7. The van der Waals surface area contributed by atoms with Gasteiger partial charge in [0.15, 0.2) is 5.96 Å². The van der Waals surface area contributed by atoms with Gasteiger partial charge in [-0.2, -0.15) is 0 Å². The van der Waals surface area contributed by atoms with Gasteiger partial charge in [0, 0.05) is 19.2 Å². The topological polar surface area (TPSA) is 68.9 Å². The normalized spacial score (nSPS) is 16.6. The predicted octanol–water partition coefficient (Wildman–Crippen LogP) is 3.24. The monoisotopic (exact) mass is 347 g/mol. The Morgan fingerprint density at radius 3 is 2.48 bits per heavy atom. The first-order chi connectivity index (χ1) is 12.3. The molecule has 1 aliphatic carbocycles. The molecule has 0 heterocycles. The molecule has 0 bridgehead atoms. The third-order valence-electron chi connectivity index (χ3n) is 4.42.